The lowest BCUT2D eigenvalue weighted by Crippen LogP contribution is -2.21. The number of nitrogens with zero attached hydrogens (tertiary/aromatic N) is 3. The van der Waals surface area contributed by atoms with Gasteiger partial charge in [-0.2, -0.15) is 0 Å². The Labute approximate surface area is 185 Å². The Morgan fingerprint density at radius 1 is 0.935 bits per heavy atom. The Morgan fingerprint density at radius 3 is 2.35 bits per heavy atom. The number of benzene rings is 2. The van der Waals surface area contributed by atoms with Crippen molar-refractivity contribution in [3.8, 4) is 11.5 Å². The third-order valence-electron chi connectivity index (χ3n) is 5.44. The van der Waals surface area contributed by atoms with E-state index in [1.165, 1.54) is 23.5 Å². The first-order chi connectivity index (χ1) is 15.0. The topological polar surface area (TPSA) is 72.4 Å². The van der Waals surface area contributed by atoms with Crippen LogP contribution >= 0.6 is 11.8 Å². The van der Waals surface area contributed by atoms with Crippen LogP contribution in [0.25, 0.3) is 22.4 Å². The molecule has 0 bridgehead atoms. The first-order valence-electron chi connectivity index (χ1n) is 10.3. The highest BCUT2D eigenvalue weighted by Crippen LogP contribution is 2.30. The van der Waals surface area contributed by atoms with E-state index in [4.69, 9.17) is 8.83 Å². The Hall–Kier alpha value is -3.06. The molecule has 0 saturated carbocycles. The van der Waals surface area contributed by atoms with Gasteiger partial charge in [0.2, 0.25) is 5.89 Å². The number of rotatable bonds is 7. The lowest BCUT2D eigenvalue weighted by Gasteiger charge is -2.20. The Bertz CT molecular complexity index is 1260. The Balaban J connectivity index is 1.53. The van der Waals surface area contributed by atoms with Crippen LogP contribution in [0.3, 0.4) is 0 Å². The first kappa shape index (κ1) is 21.2. The molecule has 2 heterocycles. The van der Waals surface area contributed by atoms with Crippen LogP contribution in [0.5, 0.6) is 0 Å². The SMILES string of the molecule is CCN(CC)c1ccc(-c2nnc(SCc3cc(=O)oc4cc(C)c(C)cc34)o2)cc1. The summed E-state index contributed by atoms with van der Waals surface area (Å²) in [7, 11) is 0. The van der Waals surface area contributed by atoms with E-state index in [0.717, 1.165) is 40.7 Å². The van der Waals surface area contributed by atoms with Crippen LogP contribution in [0.2, 0.25) is 0 Å². The second-order valence-corrected chi connectivity index (χ2v) is 8.33. The monoisotopic (exact) mass is 435 g/mol. The molecule has 6 nitrogen and oxygen atoms in total. The van der Waals surface area contributed by atoms with E-state index in [1.807, 2.05) is 32.0 Å². The molecule has 31 heavy (non-hydrogen) atoms. The van der Waals surface area contributed by atoms with Crippen molar-refractivity contribution in [3.63, 3.8) is 0 Å². The van der Waals surface area contributed by atoms with Crippen molar-refractivity contribution in [1.82, 2.24) is 10.2 Å². The lowest BCUT2D eigenvalue weighted by molar-refractivity contribution is 0.466. The average molecular weight is 436 g/mol. The van der Waals surface area contributed by atoms with Crippen molar-refractivity contribution >= 4 is 28.4 Å². The molecule has 0 saturated heterocycles. The fourth-order valence-electron chi connectivity index (χ4n) is 3.53. The zero-order valence-electron chi connectivity index (χ0n) is 18.1. The summed E-state index contributed by atoms with van der Waals surface area (Å²) >= 11 is 1.41. The first-order valence-corrected chi connectivity index (χ1v) is 11.3. The smallest absolute Gasteiger partial charge is 0.336 e. The fraction of sp³-hybridized carbons (Fsp3) is 0.292. The summed E-state index contributed by atoms with van der Waals surface area (Å²) in [5.41, 5.74) is 5.43. The summed E-state index contributed by atoms with van der Waals surface area (Å²) in [6.45, 7) is 10.3. The maximum Gasteiger partial charge on any atom is 0.336 e. The summed E-state index contributed by atoms with van der Waals surface area (Å²) in [6.07, 6.45) is 0. The molecule has 0 aliphatic rings. The molecule has 0 aliphatic carbocycles. The van der Waals surface area contributed by atoms with Gasteiger partial charge < -0.3 is 13.7 Å². The lowest BCUT2D eigenvalue weighted by atomic mass is 10.0. The van der Waals surface area contributed by atoms with E-state index in [0.29, 0.717) is 22.4 Å². The molecule has 4 rings (SSSR count). The second-order valence-electron chi connectivity index (χ2n) is 7.40. The van der Waals surface area contributed by atoms with Crippen LogP contribution in [0, 0.1) is 13.8 Å². The predicted octanol–water partition coefficient (Wildman–Crippen LogP) is 5.60. The molecule has 0 amide bonds. The van der Waals surface area contributed by atoms with Crippen molar-refractivity contribution in [3.05, 3.63) is 69.6 Å². The van der Waals surface area contributed by atoms with Crippen LogP contribution in [0.1, 0.15) is 30.5 Å². The highest BCUT2D eigenvalue weighted by Gasteiger charge is 2.13. The molecular formula is C24H25N3O3S. The summed E-state index contributed by atoms with van der Waals surface area (Å²) in [6, 6.07) is 13.6. The molecular weight excluding hydrogens is 410 g/mol. The molecule has 0 unspecified atom stereocenters. The molecule has 160 valence electrons. The molecule has 0 N–H and O–H groups in total. The third-order valence-corrected chi connectivity index (χ3v) is 6.31. The number of thioether (sulfide) groups is 1. The summed E-state index contributed by atoms with van der Waals surface area (Å²) in [4.78, 5) is 14.3. The van der Waals surface area contributed by atoms with Crippen LogP contribution in [-0.2, 0) is 5.75 Å². The standard InChI is InChI=1S/C24H25N3O3S/c1-5-27(6-2)19-9-7-17(8-10-19)23-25-26-24(30-23)31-14-18-13-22(28)29-21-12-16(4)15(3)11-20(18)21/h7-13H,5-6,14H2,1-4H3. The van der Waals surface area contributed by atoms with Crippen LogP contribution in [0.15, 0.2) is 61.3 Å². The van der Waals surface area contributed by atoms with E-state index >= 15 is 0 Å². The van der Waals surface area contributed by atoms with Crippen LogP contribution in [-0.4, -0.2) is 23.3 Å². The normalized spacial score (nSPS) is 11.2. The zero-order chi connectivity index (χ0) is 22.0. The molecule has 4 aromatic rings. The molecule has 2 aromatic heterocycles. The van der Waals surface area contributed by atoms with E-state index in [2.05, 4.69) is 47.1 Å². The molecule has 2 aromatic carbocycles. The van der Waals surface area contributed by atoms with Gasteiger partial charge >= 0.3 is 5.63 Å². The minimum atomic E-state index is -0.356. The minimum Gasteiger partial charge on any atom is -0.423 e. The van der Waals surface area contributed by atoms with Gasteiger partial charge in [-0.1, -0.05) is 11.8 Å². The number of hydrogen-bond acceptors (Lipinski definition) is 7. The number of anilines is 1. The largest absolute Gasteiger partial charge is 0.423 e. The van der Waals surface area contributed by atoms with Gasteiger partial charge in [-0.05, 0) is 80.8 Å². The average Bonchev–Trinajstić information content (AvgIpc) is 3.24. The molecule has 0 spiro atoms. The number of aromatic nitrogens is 2. The third kappa shape index (κ3) is 4.51. The molecule has 0 aliphatic heterocycles. The van der Waals surface area contributed by atoms with Gasteiger partial charge in [0, 0.05) is 41.5 Å². The van der Waals surface area contributed by atoms with Gasteiger partial charge in [0.15, 0.2) is 0 Å². The van der Waals surface area contributed by atoms with Gasteiger partial charge in [0.25, 0.3) is 5.22 Å². The molecule has 0 radical (unpaired) electrons. The molecule has 0 atom stereocenters. The van der Waals surface area contributed by atoms with Gasteiger partial charge in [0.05, 0.1) is 0 Å². The highest BCUT2D eigenvalue weighted by atomic mass is 32.2. The Morgan fingerprint density at radius 2 is 1.65 bits per heavy atom. The summed E-state index contributed by atoms with van der Waals surface area (Å²) < 4.78 is 11.2. The second kappa shape index (κ2) is 8.98. The predicted molar refractivity (Wildman–Crippen MR) is 125 cm³/mol. The molecule has 0 fully saturated rings. The summed E-state index contributed by atoms with van der Waals surface area (Å²) in [5, 5.41) is 9.75. The van der Waals surface area contributed by atoms with Crippen molar-refractivity contribution in [2.45, 2.75) is 38.7 Å². The van der Waals surface area contributed by atoms with Gasteiger partial charge in [-0.15, -0.1) is 10.2 Å². The van der Waals surface area contributed by atoms with Crippen LogP contribution in [0.4, 0.5) is 5.69 Å². The number of hydrogen-bond donors (Lipinski definition) is 0. The van der Waals surface area contributed by atoms with Gasteiger partial charge in [-0.25, -0.2) is 4.79 Å². The van der Waals surface area contributed by atoms with Crippen molar-refractivity contribution in [2.75, 3.05) is 18.0 Å². The quantitative estimate of drug-likeness (QED) is 0.276. The van der Waals surface area contributed by atoms with E-state index in [9.17, 15) is 4.79 Å². The number of fused-ring (bicyclic) bond motifs is 1. The zero-order valence-corrected chi connectivity index (χ0v) is 19.0. The van der Waals surface area contributed by atoms with Crippen LogP contribution < -0.4 is 10.5 Å². The fourth-order valence-corrected chi connectivity index (χ4v) is 4.28. The molecule has 7 heteroatoms. The van der Waals surface area contributed by atoms with Gasteiger partial charge in [0.1, 0.15) is 5.58 Å². The highest BCUT2D eigenvalue weighted by molar-refractivity contribution is 7.98. The van der Waals surface area contributed by atoms with Crippen molar-refractivity contribution in [1.29, 1.82) is 0 Å². The maximum absolute atomic E-state index is 12.0. The van der Waals surface area contributed by atoms with E-state index in [1.54, 1.807) is 0 Å². The van der Waals surface area contributed by atoms with Gasteiger partial charge in [-0.3, -0.25) is 0 Å². The van der Waals surface area contributed by atoms with E-state index in [-0.39, 0.29) is 5.63 Å². The Kier molecular flexibility index (Phi) is 6.13. The number of aryl methyl sites for hydroxylation is 2. The summed E-state index contributed by atoms with van der Waals surface area (Å²) in [5.74, 6) is 1.02. The van der Waals surface area contributed by atoms with E-state index < -0.39 is 0 Å². The van der Waals surface area contributed by atoms with Crippen molar-refractivity contribution < 1.29 is 8.83 Å². The maximum atomic E-state index is 12.0. The minimum absolute atomic E-state index is 0.356. The van der Waals surface area contributed by atoms with Crippen molar-refractivity contribution in [2.24, 2.45) is 0 Å².